The van der Waals surface area contributed by atoms with Gasteiger partial charge in [-0.05, 0) is 38.3 Å². The van der Waals surface area contributed by atoms with Crippen molar-refractivity contribution in [2.45, 2.75) is 44.7 Å². The van der Waals surface area contributed by atoms with Crippen molar-refractivity contribution in [2.75, 3.05) is 33.4 Å². The lowest BCUT2D eigenvalue weighted by Crippen LogP contribution is -2.52. The average molecular weight is 244 g/mol. The third-order valence-electron chi connectivity index (χ3n) is 3.97. The first kappa shape index (κ1) is 14.9. The van der Waals surface area contributed by atoms with Gasteiger partial charge in [-0.1, -0.05) is 13.3 Å². The molecule has 3 atom stereocenters. The van der Waals surface area contributed by atoms with E-state index in [-0.39, 0.29) is 18.7 Å². The van der Waals surface area contributed by atoms with Crippen molar-refractivity contribution in [3.63, 3.8) is 0 Å². The molecular formula is C13H28N2O2. The number of methoxy groups -OCH3 is 1. The van der Waals surface area contributed by atoms with Gasteiger partial charge in [-0.3, -0.25) is 4.90 Å². The second kappa shape index (κ2) is 8.03. The summed E-state index contributed by atoms with van der Waals surface area (Å²) >= 11 is 0. The molecule has 0 saturated carbocycles. The molecule has 0 aromatic heterocycles. The molecule has 4 nitrogen and oxygen atoms in total. The van der Waals surface area contributed by atoms with E-state index in [1.807, 2.05) is 0 Å². The van der Waals surface area contributed by atoms with Gasteiger partial charge in [0.25, 0.3) is 0 Å². The molecule has 0 spiro atoms. The van der Waals surface area contributed by atoms with E-state index in [9.17, 15) is 5.11 Å². The van der Waals surface area contributed by atoms with Gasteiger partial charge < -0.3 is 15.6 Å². The van der Waals surface area contributed by atoms with E-state index < -0.39 is 0 Å². The predicted molar refractivity (Wildman–Crippen MR) is 69.9 cm³/mol. The highest BCUT2D eigenvalue weighted by Crippen LogP contribution is 2.21. The predicted octanol–water partition coefficient (Wildman–Crippen LogP) is 0.833. The topological polar surface area (TPSA) is 58.7 Å². The number of aliphatic hydroxyl groups is 1. The van der Waals surface area contributed by atoms with Crippen LogP contribution in [0.4, 0.5) is 0 Å². The van der Waals surface area contributed by atoms with E-state index in [4.69, 9.17) is 10.5 Å². The van der Waals surface area contributed by atoms with Crippen molar-refractivity contribution in [1.82, 2.24) is 4.90 Å². The number of nitrogens with zero attached hydrogens (tertiary/aromatic N) is 1. The first-order valence-electron chi connectivity index (χ1n) is 6.82. The lowest BCUT2D eigenvalue weighted by molar-refractivity contribution is 0.0718. The molecule has 1 saturated heterocycles. The summed E-state index contributed by atoms with van der Waals surface area (Å²) in [5.41, 5.74) is 6.06. The average Bonchev–Trinajstić information content (AvgIpc) is 2.56. The molecule has 3 unspecified atom stereocenters. The van der Waals surface area contributed by atoms with Gasteiger partial charge in [0.05, 0.1) is 19.3 Å². The molecule has 17 heavy (non-hydrogen) atoms. The van der Waals surface area contributed by atoms with Crippen LogP contribution in [0.1, 0.15) is 32.6 Å². The number of hydrogen-bond acceptors (Lipinski definition) is 4. The Morgan fingerprint density at radius 1 is 1.41 bits per heavy atom. The minimum Gasteiger partial charge on any atom is -0.395 e. The van der Waals surface area contributed by atoms with E-state index in [1.165, 1.54) is 25.7 Å². The zero-order valence-electron chi connectivity index (χ0n) is 11.3. The van der Waals surface area contributed by atoms with Gasteiger partial charge in [0.1, 0.15) is 0 Å². The zero-order chi connectivity index (χ0) is 12.7. The maximum absolute atomic E-state index is 9.51. The van der Waals surface area contributed by atoms with Crippen molar-refractivity contribution in [2.24, 2.45) is 11.7 Å². The van der Waals surface area contributed by atoms with E-state index >= 15 is 0 Å². The Bertz CT molecular complexity index is 202. The number of hydrogen-bond donors (Lipinski definition) is 2. The van der Waals surface area contributed by atoms with Gasteiger partial charge in [-0.15, -0.1) is 0 Å². The van der Waals surface area contributed by atoms with Crippen LogP contribution >= 0.6 is 0 Å². The highest BCUT2D eigenvalue weighted by atomic mass is 16.5. The third-order valence-corrected chi connectivity index (χ3v) is 3.97. The van der Waals surface area contributed by atoms with E-state index in [0.717, 1.165) is 19.0 Å². The standard InChI is InChI=1S/C13H28N2O2/c1-3-11-5-4-7-15(8-6-11)13(9-16)12(14)10-17-2/h11-13,16H,3-10,14H2,1-2H3. The molecule has 0 amide bonds. The molecule has 1 heterocycles. The number of nitrogens with two attached hydrogens (primary N) is 1. The Morgan fingerprint density at radius 2 is 2.18 bits per heavy atom. The van der Waals surface area contributed by atoms with Crippen molar-refractivity contribution in [3.8, 4) is 0 Å². The maximum atomic E-state index is 9.51. The van der Waals surface area contributed by atoms with Gasteiger partial charge in [-0.2, -0.15) is 0 Å². The molecule has 0 radical (unpaired) electrons. The normalized spacial score (nSPS) is 26.5. The summed E-state index contributed by atoms with van der Waals surface area (Å²) in [6.07, 6.45) is 5.02. The number of likely N-dealkylation sites (tertiary alicyclic amines) is 1. The van der Waals surface area contributed by atoms with Gasteiger partial charge in [-0.25, -0.2) is 0 Å². The summed E-state index contributed by atoms with van der Waals surface area (Å²) < 4.78 is 5.09. The van der Waals surface area contributed by atoms with Gasteiger partial charge in [0.15, 0.2) is 0 Å². The largest absolute Gasteiger partial charge is 0.395 e. The van der Waals surface area contributed by atoms with Gasteiger partial charge in [0, 0.05) is 13.2 Å². The van der Waals surface area contributed by atoms with Crippen molar-refractivity contribution >= 4 is 0 Å². The molecule has 0 aromatic rings. The van der Waals surface area contributed by atoms with Crippen LogP contribution in [0.25, 0.3) is 0 Å². The second-order valence-corrected chi connectivity index (χ2v) is 5.11. The molecule has 102 valence electrons. The summed E-state index contributed by atoms with van der Waals surface area (Å²) in [4.78, 5) is 2.35. The molecular weight excluding hydrogens is 216 g/mol. The molecule has 1 aliphatic rings. The molecule has 0 aliphatic carbocycles. The molecule has 0 aromatic carbocycles. The van der Waals surface area contributed by atoms with Gasteiger partial charge in [0.2, 0.25) is 0 Å². The molecule has 1 fully saturated rings. The minimum absolute atomic E-state index is 0.0468. The summed E-state index contributed by atoms with van der Waals surface area (Å²) in [6, 6.07) is -0.0475. The first-order chi connectivity index (χ1) is 8.22. The first-order valence-corrected chi connectivity index (χ1v) is 6.82. The van der Waals surface area contributed by atoms with Crippen LogP contribution in [0.3, 0.4) is 0 Å². The Morgan fingerprint density at radius 3 is 2.76 bits per heavy atom. The van der Waals surface area contributed by atoms with Crippen molar-refractivity contribution in [3.05, 3.63) is 0 Å². The molecule has 3 N–H and O–H groups in total. The van der Waals surface area contributed by atoms with Crippen LogP contribution in [0.5, 0.6) is 0 Å². The third kappa shape index (κ3) is 4.54. The summed E-state index contributed by atoms with van der Waals surface area (Å²) in [7, 11) is 1.66. The zero-order valence-corrected chi connectivity index (χ0v) is 11.3. The van der Waals surface area contributed by atoms with Crippen LogP contribution in [-0.2, 0) is 4.74 Å². The molecule has 4 heteroatoms. The fraction of sp³-hybridized carbons (Fsp3) is 1.00. The molecule has 1 aliphatic heterocycles. The Kier molecular flexibility index (Phi) is 7.04. The summed E-state index contributed by atoms with van der Waals surface area (Å²) in [5.74, 6) is 0.845. The fourth-order valence-electron chi connectivity index (χ4n) is 2.75. The minimum atomic E-state index is -0.0943. The van der Waals surface area contributed by atoms with E-state index in [0.29, 0.717) is 6.61 Å². The van der Waals surface area contributed by atoms with Crippen LogP contribution in [0.15, 0.2) is 0 Å². The smallest absolute Gasteiger partial charge is 0.0629 e. The Hall–Kier alpha value is -0.160. The SMILES string of the molecule is CCC1CCCN(C(CO)C(N)COC)CC1. The Balaban J connectivity index is 2.50. The monoisotopic (exact) mass is 244 g/mol. The van der Waals surface area contributed by atoms with E-state index in [2.05, 4.69) is 11.8 Å². The molecule has 1 rings (SSSR count). The highest BCUT2D eigenvalue weighted by Gasteiger charge is 2.26. The highest BCUT2D eigenvalue weighted by molar-refractivity contribution is 4.83. The second-order valence-electron chi connectivity index (χ2n) is 5.11. The lowest BCUT2D eigenvalue weighted by Gasteiger charge is -2.33. The number of ether oxygens (including phenoxy) is 1. The summed E-state index contributed by atoms with van der Waals surface area (Å²) in [5, 5.41) is 9.51. The van der Waals surface area contributed by atoms with Crippen LogP contribution in [0, 0.1) is 5.92 Å². The number of rotatable bonds is 6. The Labute approximate surface area is 105 Å². The van der Waals surface area contributed by atoms with Crippen molar-refractivity contribution < 1.29 is 9.84 Å². The number of aliphatic hydroxyl groups excluding tert-OH is 1. The van der Waals surface area contributed by atoms with Crippen LogP contribution < -0.4 is 5.73 Å². The van der Waals surface area contributed by atoms with Crippen LogP contribution in [0.2, 0.25) is 0 Å². The maximum Gasteiger partial charge on any atom is 0.0629 e. The molecule has 0 bridgehead atoms. The van der Waals surface area contributed by atoms with Gasteiger partial charge >= 0.3 is 0 Å². The summed E-state index contributed by atoms with van der Waals surface area (Å²) in [6.45, 7) is 5.01. The van der Waals surface area contributed by atoms with E-state index in [1.54, 1.807) is 7.11 Å². The quantitative estimate of drug-likeness (QED) is 0.727. The fourth-order valence-corrected chi connectivity index (χ4v) is 2.75. The van der Waals surface area contributed by atoms with Crippen molar-refractivity contribution in [1.29, 1.82) is 0 Å². The lowest BCUT2D eigenvalue weighted by atomic mass is 9.98. The van der Waals surface area contributed by atoms with Crippen LogP contribution in [-0.4, -0.2) is 55.5 Å².